The number of hydrogen-bond acceptors (Lipinski definition) is 9. The predicted octanol–water partition coefficient (Wildman–Crippen LogP) is 6.30. The minimum Gasteiger partial charge on any atom is -0.496 e. The Hall–Kier alpha value is -4.92. The molecule has 2 fully saturated rings. The highest BCUT2D eigenvalue weighted by molar-refractivity contribution is 6.35. The van der Waals surface area contributed by atoms with Gasteiger partial charge in [-0.05, 0) is 60.6 Å². The number of carbonyl (C=O) groups is 2. The van der Waals surface area contributed by atoms with E-state index in [0.29, 0.717) is 68.2 Å². The number of alkyl halides is 3. The molecule has 0 unspecified atom stereocenters. The Morgan fingerprint density at radius 1 is 0.836 bits per heavy atom. The normalized spacial score (nSPS) is 19.3. The molecular formula is C40H42ClF3N6O5. The van der Waals surface area contributed by atoms with Gasteiger partial charge in [-0.25, -0.2) is 0 Å². The number of fused-ring (bicyclic) bond motifs is 1. The Morgan fingerprint density at radius 3 is 2.18 bits per heavy atom. The van der Waals surface area contributed by atoms with E-state index >= 15 is 0 Å². The van der Waals surface area contributed by atoms with Crippen LogP contribution in [0, 0.1) is 0 Å². The number of pyridine rings is 2. The zero-order chi connectivity index (χ0) is 38.7. The topological polar surface area (TPSA) is 136 Å². The smallest absolute Gasteiger partial charge is 0.421 e. The van der Waals surface area contributed by atoms with Crippen molar-refractivity contribution in [1.29, 1.82) is 0 Å². The monoisotopic (exact) mass is 778 g/mol. The molecule has 0 bridgehead atoms. The van der Waals surface area contributed by atoms with E-state index in [4.69, 9.17) is 25.8 Å². The fourth-order valence-electron chi connectivity index (χ4n) is 7.56. The minimum atomic E-state index is -4.74. The fraction of sp³-hybridized carbons (Fsp3) is 0.400. The van der Waals surface area contributed by atoms with Crippen molar-refractivity contribution in [3.8, 4) is 39.9 Å². The van der Waals surface area contributed by atoms with Crippen molar-refractivity contribution < 1.29 is 37.0 Å². The molecule has 4 heterocycles. The SMILES string of the molecule is COc1cc(-c2nccc(-c3cccc4c3CC[C@@H]4Oc3nc(OC)c(CNC[C@H]4CCC(=O)N4)cc3C(F)(F)F)c2Cl)ccc1CNC[C@H]1CCC(=O)N1. The second-order valence-electron chi connectivity index (χ2n) is 13.9. The number of nitrogens with one attached hydrogen (secondary N) is 4. The van der Waals surface area contributed by atoms with Crippen LogP contribution in [-0.4, -0.2) is 61.2 Å². The molecule has 4 N–H and O–H groups in total. The van der Waals surface area contributed by atoms with E-state index in [1.807, 2.05) is 42.5 Å². The molecule has 4 aromatic rings. The molecule has 2 aromatic carbocycles. The Labute approximate surface area is 321 Å². The van der Waals surface area contributed by atoms with Crippen molar-refractivity contribution in [2.24, 2.45) is 0 Å². The summed E-state index contributed by atoms with van der Waals surface area (Å²) in [5, 5.41) is 12.7. The highest BCUT2D eigenvalue weighted by Crippen LogP contribution is 2.46. The molecule has 1 aliphatic carbocycles. The molecule has 3 aliphatic rings. The molecule has 55 heavy (non-hydrogen) atoms. The summed E-state index contributed by atoms with van der Waals surface area (Å²) in [6.45, 7) is 1.67. The highest BCUT2D eigenvalue weighted by atomic mass is 35.5. The van der Waals surface area contributed by atoms with Crippen LogP contribution >= 0.6 is 11.6 Å². The molecule has 11 nitrogen and oxygen atoms in total. The molecule has 2 aromatic heterocycles. The Morgan fingerprint density at radius 2 is 1.55 bits per heavy atom. The van der Waals surface area contributed by atoms with Crippen LogP contribution in [0.25, 0.3) is 22.4 Å². The molecule has 0 saturated carbocycles. The maximum absolute atomic E-state index is 14.5. The summed E-state index contributed by atoms with van der Waals surface area (Å²) >= 11 is 7.09. The average molecular weight is 779 g/mol. The quantitative estimate of drug-likeness (QED) is 0.116. The van der Waals surface area contributed by atoms with Gasteiger partial charge in [0.25, 0.3) is 0 Å². The van der Waals surface area contributed by atoms with Gasteiger partial charge in [0.2, 0.25) is 23.6 Å². The second kappa shape index (κ2) is 16.4. The number of methoxy groups -OCH3 is 2. The molecule has 290 valence electrons. The third kappa shape index (κ3) is 8.51. The summed E-state index contributed by atoms with van der Waals surface area (Å²) in [6, 6.07) is 14.3. The van der Waals surface area contributed by atoms with E-state index in [9.17, 15) is 22.8 Å². The van der Waals surface area contributed by atoms with Gasteiger partial charge >= 0.3 is 6.18 Å². The van der Waals surface area contributed by atoms with Gasteiger partial charge in [-0.15, -0.1) is 0 Å². The van der Waals surface area contributed by atoms with Crippen molar-refractivity contribution >= 4 is 23.4 Å². The Balaban J connectivity index is 1.10. The molecule has 15 heteroatoms. The van der Waals surface area contributed by atoms with Gasteiger partial charge < -0.3 is 35.5 Å². The molecule has 0 spiro atoms. The minimum absolute atomic E-state index is 0.0222. The maximum atomic E-state index is 14.5. The molecule has 0 radical (unpaired) electrons. The van der Waals surface area contributed by atoms with Gasteiger partial charge in [-0.2, -0.15) is 18.2 Å². The Bertz CT molecular complexity index is 2080. The van der Waals surface area contributed by atoms with Crippen LogP contribution < -0.4 is 35.5 Å². The number of halogens is 4. The van der Waals surface area contributed by atoms with E-state index in [1.54, 1.807) is 13.3 Å². The summed E-state index contributed by atoms with van der Waals surface area (Å²) in [5.74, 6) is 0.167. The molecule has 2 saturated heterocycles. The first-order valence-corrected chi connectivity index (χ1v) is 18.7. The molecule has 2 amide bonds. The lowest BCUT2D eigenvalue weighted by atomic mass is 9.95. The summed E-state index contributed by atoms with van der Waals surface area (Å²) in [4.78, 5) is 31.9. The van der Waals surface area contributed by atoms with Gasteiger partial charge in [0.15, 0.2) is 0 Å². The van der Waals surface area contributed by atoms with Crippen molar-refractivity contribution in [3.63, 3.8) is 0 Å². The lowest BCUT2D eigenvalue weighted by Gasteiger charge is -2.21. The molecule has 7 rings (SSSR count). The lowest BCUT2D eigenvalue weighted by Crippen LogP contribution is -2.35. The van der Waals surface area contributed by atoms with E-state index in [2.05, 4.69) is 31.2 Å². The van der Waals surface area contributed by atoms with Crippen molar-refractivity contribution in [2.45, 2.75) is 76.0 Å². The number of rotatable bonds is 14. The zero-order valence-electron chi connectivity index (χ0n) is 30.4. The van der Waals surface area contributed by atoms with Crippen molar-refractivity contribution in [3.05, 3.63) is 87.6 Å². The number of carbonyl (C=O) groups excluding carboxylic acids is 2. The van der Waals surface area contributed by atoms with E-state index in [1.165, 1.54) is 7.11 Å². The number of benzene rings is 2. The number of nitrogens with zero attached hydrogens (tertiary/aromatic N) is 2. The summed E-state index contributed by atoms with van der Waals surface area (Å²) < 4.78 is 60.7. The van der Waals surface area contributed by atoms with Gasteiger partial charge in [0.1, 0.15) is 17.4 Å². The van der Waals surface area contributed by atoms with Gasteiger partial charge in [-0.3, -0.25) is 14.6 Å². The summed E-state index contributed by atoms with van der Waals surface area (Å²) in [5.41, 5.74) is 4.73. The first-order valence-electron chi connectivity index (χ1n) is 18.3. The third-order valence-corrected chi connectivity index (χ3v) is 10.7. The van der Waals surface area contributed by atoms with Crippen molar-refractivity contribution in [1.82, 2.24) is 31.2 Å². The first-order chi connectivity index (χ1) is 26.5. The van der Waals surface area contributed by atoms with Crippen LogP contribution in [0.4, 0.5) is 13.2 Å². The van der Waals surface area contributed by atoms with Crippen LogP contribution in [-0.2, 0) is 35.3 Å². The van der Waals surface area contributed by atoms with Crippen LogP contribution in [0.5, 0.6) is 17.5 Å². The first kappa shape index (κ1) is 38.4. The van der Waals surface area contributed by atoms with Crippen molar-refractivity contribution in [2.75, 3.05) is 27.3 Å². The van der Waals surface area contributed by atoms with E-state index in [-0.39, 0.29) is 41.9 Å². The van der Waals surface area contributed by atoms with Crippen LogP contribution in [0.1, 0.15) is 66.0 Å². The Kier molecular flexibility index (Phi) is 11.5. The predicted molar refractivity (Wildman–Crippen MR) is 200 cm³/mol. The van der Waals surface area contributed by atoms with Gasteiger partial charge in [0, 0.05) is 79.6 Å². The average Bonchev–Trinajstić information content (AvgIpc) is 3.91. The second-order valence-corrected chi connectivity index (χ2v) is 14.3. The maximum Gasteiger partial charge on any atom is 0.421 e. The fourth-order valence-corrected chi connectivity index (χ4v) is 7.88. The zero-order valence-corrected chi connectivity index (χ0v) is 31.2. The lowest BCUT2D eigenvalue weighted by molar-refractivity contribution is -0.139. The van der Waals surface area contributed by atoms with Gasteiger partial charge in [0.05, 0.1) is 24.9 Å². The molecule has 2 aliphatic heterocycles. The number of hydrogen-bond donors (Lipinski definition) is 4. The van der Waals surface area contributed by atoms with Gasteiger partial charge in [-0.1, -0.05) is 41.9 Å². The number of amides is 2. The van der Waals surface area contributed by atoms with E-state index < -0.39 is 23.7 Å². The number of ether oxygens (including phenoxy) is 3. The highest BCUT2D eigenvalue weighted by Gasteiger charge is 2.39. The van der Waals surface area contributed by atoms with Crippen LogP contribution in [0.3, 0.4) is 0 Å². The standard InChI is InChI=1S/C40H42ClF3N6O5/c1-53-33-17-22(6-7-23(33)18-45-20-25-8-12-34(51)48-25)37-36(41)30(14-15-47-37)27-4-3-5-29-28(27)10-11-32(29)55-39-31(40(42,43)44)16-24(38(50-39)54-2)19-46-21-26-9-13-35(52)49-26/h3-7,14-17,25-26,32,45-46H,8-13,18-21H2,1-2H3,(H,48,51)(H,49,52)/t25-,26-,32+/m1/s1. The van der Waals surface area contributed by atoms with E-state index in [0.717, 1.165) is 45.9 Å². The summed E-state index contributed by atoms with van der Waals surface area (Å²) in [6.07, 6.45) is -0.330. The van der Waals surface area contributed by atoms with Crippen LogP contribution in [0.15, 0.2) is 54.7 Å². The summed E-state index contributed by atoms with van der Waals surface area (Å²) in [7, 11) is 2.96. The number of aromatic nitrogens is 2. The molecular weight excluding hydrogens is 737 g/mol. The van der Waals surface area contributed by atoms with Crippen LogP contribution in [0.2, 0.25) is 5.02 Å². The third-order valence-electron chi connectivity index (χ3n) is 10.3. The molecule has 3 atom stereocenters. The largest absolute Gasteiger partial charge is 0.496 e.